The van der Waals surface area contributed by atoms with Gasteiger partial charge in [-0.3, -0.25) is 14.5 Å². The van der Waals surface area contributed by atoms with Crippen molar-refractivity contribution in [2.45, 2.75) is 19.8 Å². The molecule has 2 saturated heterocycles. The van der Waals surface area contributed by atoms with Gasteiger partial charge in [0, 0.05) is 18.4 Å². The third-order valence-corrected chi connectivity index (χ3v) is 3.27. The zero-order chi connectivity index (χ0) is 10.3. The van der Waals surface area contributed by atoms with Crippen LogP contribution in [0.15, 0.2) is 0 Å². The Balaban J connectivity index is 2.03. The first-order valence-electron chi connectivity index (χ1n) is 5.18. The van der Waals surface area contributed by atoms with E-state index in [1.807, 2.05) is 6.92 Å². The fourth-order valence-electron chi connectivity index (χ4n) is 2.14. The molecule has 4 heteroatoms. The van der Waals surface area contributed by atoms with E-state index in [4.69, 9.17) is 5.73 Å². The second-order valence-electron chi connectivity index (χ2n) is 4.49. The molecule has 1 atom stereocenters. The molecule has 4 nitrogen and oxygen atoms in total. The Morgan fingerprint density at radius 1 is 1.36 bits per heavy atom. The predicted molar refractivity (Wildman–Crippen MR) is 51.2 cm³/mol. The van der Waals surface area contributed by atoms with Crippen LogP contribution in [0.5, 0.6) is 0 Å². The molecule has 2 heterocycles. The molecule has 1 unspecified atom stereocenters. The van der Waals surface area contributed by atoms with Crippen LogP contribution in [0.4, 0.5) is 0 Å². The minimum atomic E-state index is 0.0257. The van der Waals surface area contributed by atoms with Crippen molar-refractivity contribution >= 4 is 11.8 Å². The maximum atomic E-state index is 11.7. The first-order chi connectivity index (χ1) is 6.63. The summed E-state index contributed by atoms with van der Waals surface area (Å²) in [5.74, 6) is 0.515. The normalized spacial score (nSPS) is 32.9. The van der Waals surface area contributed by atoms with Crippen molar-refractivity contribution in [2.24, 2.45) is 23.5 Å². The Morgan fingerprint density at radius 2 is 1.86 bits per heavy atom. The van der Waals surface area contributed by atoms with E-state index in [1.165, 1.54) is 4.90 Å². The average Bonchev–Trinajstić information content (AvgIpc) is 2.08. The van der Waals surface area contributed by atoms with E-state index in [9.17, 15) is 9.59 Å². The van der Waals surface area contributed by atoms with Crippen LogP contribution < -0.4 is 5.73 Å². The molecule has 3 fully saturated rings. The first-order valence-corrected chi connectivity index (χ1v) is 5.18. The summed E-state index contributed by atoms with van der Waals surface area (Å²) in [6, 6.07) is 0. The molecule has 1 saturated carbocycles. The van der Waals surface area contributed by atoms with Gasteiger partial charge in [0.2, 0.25) is 11.8 Å². The third kappa shape index (κ3) is 1.34. The summed E-state index contributed by atoms with van der Waals surface area (Å²) >= 11 is 0. The van der Waals surface area contributed by atoms with Crippen molar-refractivity contribution in [1.29, 1.82) is 0 Å². The second kappa shape index (κ2) is 3.35. The maximum absolute atomic E-state index is 11.7. The van der Waals surface area contributed by atoms with Crippen LogP contribution in [0.2, 0.25) is 0 Å². The van der Waals surface area contributed by atoms with Crippen molar-refractivity contribution in [3.63, 3.8) is 0 Å². The molecule has 78 valence electrons. The van der Waals surface area contributed by atoms with Gasteiger partial charge in [0.05, 0.1) is 0 Å². The highest BCUT2D eigenvalue weighted by molar-refractivity contribution is 6.02. The molecule has 14 heavy (non-hydrogen) atoms. The minimum absolute atomic E-state index is 0.0257. The molecule has 2 aliphatic heterocycles. The van der Waals surface area contributed by atoms with E-state index in [1.54, 1.807) is 0 Å². The van der Waals surface area contributed by atoms with Crippen molar-refractivity contribution in [2.75, 3.05) is 13.1 Å². The summed E-state index contributed by atoms with van der Waals surface area (Å²) in [6.07, 6.45) is 1.57. The van der Waals surface area contributed by atoms with E-state index in [2.05, 4.69) is 0 Å². The average molecular weight is 196 g/mol. The molecule has 0 aromatic carbocycles. The molecule has 0 spiro atoms. The lowest BCUT2D eigenvalue weighted by Crippen LogP contribution is -2.57. The highest BCUT2D eigenvalue weighted by Crippen LogP contribution is 2.41. The lowest BCUT2D eigenvalue weighted by atomic mass is 9.70. The number of nitrogens with zero attached hydrogens (tertiary/aromatic N) is 1. The number of rotatable bonds is 3. The second-order valence-corrected chi connectivity index (χ2v) is 4.49. The molecule has 3 aliphatic rings. The quantitative estimate of drug-likeness (QED) is 0.645. The van der Waals surface area contributed by atoms with Crippen LogP contribution in [0.3, 0.4) is 0 Å². The molecule has 2 bridgehead atoms. The largest absolute Gasteiger partial charge is 0.330 e. The van der Waals surface area contributed by atoms with Crippen LogP contribution in [-0.2, 0) is 9.59 Å². The van der Waals surface area contributed by atoms with E-state index in [0.717, 1.165) is 12.8 Å². The van der Waals surface area contributed by atoms with Gasteiger partial charge in [-0.1, -0.05) is 6.92 Å². The van der Waals surface area contributed by atoms with Gasteiger partial charge >= 0.3 is 0 Å². The predicted octanol–water partition coefficient (Wildman–Crippen LogP) is -0.0238. The summed E-state index contributed by atoms with van der Waals surface area (Å²) in [7, 11) is 0. The highest BCUT2D eigenvalue weighted by Gasteiger charge is 2.49. The van der Waals surface area contributed by atoms with Crippen molar-refractivity contribution in [3.05, 3.63) is 0 Å². The highest BCUT2D eigenvalue weighted by atomic mass is 16.2. The Hall–Kier alpha value is -0.900. The third-order valence-electron chi connectivity index (χ3n) is 3.27. The lowest BCUT2D eigenvalue weighted by Gasteiger charge is -2.44. The summed E-state index contributed by atoms with van der Waals surface area (Å²) < 4.78 is 0. The number of carbonyl (C=O) groups is 2. The fraction of sp³-hybridized carbons (Fsp3) is 0.800. The number of imide groups is 1. The number of piperidine rings is 2. The smallest absolute Gasteiger partial charge is 0.232 e. The van der Waals surface area contributed by atoms with Crippen LogP contribution in [0.25, 0.3) is 0 Å². The van der Waals surface area contributed by atoms with Crippen molar-refractivity contribution in [1.82, 2.24) is 4.90 Å². The number of hydrogen-bond acceptors (Lipinski definition) is 3. The standard InChI is InChI=1S/C10H16N2O2/c1-6(4-11)5-12-9(13)7-2-8(3-7)10(12)14/h6-8H,2-5,11H2,1H3. The first kappa shape index (κ1) is 9.65. The van der Waals surface area contributed by atoms with E-state index >= 15 is 0 Å². The van der Waals surface area contributed by atoms with Crippen LogP contribution in [0.1, 0.15) is 19.8 Å². The van der Waals surface area contributed by atoms with Gasteiger partial charge in [0.15, 0.2) is 0 Å². The molecule has 0 radical (unpaired) electrons. The zero-order valence-electron chi connectivity index (χ0n) is 8.40. The van der Waals surface area contributed by atoms with Gasteiger partial charge in [-0.2, -0.15) is 0 Å². The monoisotopic (exact) mass is 196 g/mol. The van der Waals surface area contributed by atoms with Gasteiger partial charge in [-0.05, 0) is 25.3 Å². The Labute approximate surface area is 83.4 Å². The van der Waals surface area contributed by atoms with Gasteiger partial charge in [-0.15, -0.1) is 0 Å². The number of nitrogens with two attached hydrogens (primary N) is 1. The molecule has 1 aliphatic carbocycles. The van der Waals surface area contributed by atoms with Crippen LogP contribution in [-0.4, -0.2) is 29.8 Å². The van der Waals surface area contributed by atoms with Crippen LogP contribution >= 0.6 is 0 Å². The summed E-state index contributed by atoms with van der Waals surface area (Å²) in [5, 5.41) is 0. The summed E-state index contributed by atoms with van der Waals surface area (Å²) in [6.45, 7) is 2.98. The van der Waals surface area contributed by atoms with Crippen molar-refractivity contribution in [3.8, 4) is 0 Å². The molecule has 0 aromatic rings. The number of amides is 2. The van der Waals surface area contributed by atoms with Gasteiger partial charge in [-0.25, -0.2) is 0 Å². The van der Waals surface area contributed by atoms with Crippen molar-refractivity contribution < 1.29 is 9.59 Å². The zero-order valence-corrected chi connectivity index (χ0v) is 8.40. The maximum Gasteiger partial charge on any atom is 0.232 e. The van der Waals surface area contributed by atoms with Gasteiger partial charge < -0.3 is 5.73 Å². The molecule has 2 amide bonds. The summed E-state index contributed by atoms with van der Waals surface area (Å²) in [4.78, 5) is 24.8. The minimum Gasteiger partial charge on any atom is -0.330 e. The lowest BCUT2D eigenvalue weighted by molar-refractivity contribution is -0.165. The molecule has 2 N–H and O–H groups in total. The Morgan fingerprint density at radius 3 is 2.29 bits per heavy atom. The molecular weight excluding hydrogens is 180 g/mol. The molecule has 0 aromatic heterocycles. The number of fused-ring (bicyclic) bond motifs is 2. The van der Waals surface area contributed by atoms with Gasteiger partial charge in [0.25, 0.3) is 0 Å². The van der Waals surface area contributed by atoms with Gasteiger partial charge in [0.1, 0.15) is 0 Å². The Kier molecular flexibility index (Phi) is 2.31. The molecule has 3 rings (SSSR count). The summed E-state index contributed by atoms with van der Waals surface area (Å²) in [5.41, 5.74) is 5.48. The number of carbonyl (C=O) groups excluding carboxylic acids is 2. The molecular formula is C10H16N2O2. The fourth-order valence-corrected chi connectivity index (χ4v) is 2.14. The van der Waals surface area contributed by atoms with E-state index < -0.39 is 0 Å². The Bertz CT molecular complexity index is 251. The van der Waals surface area contributed by atoms with Crippen LogP contribution in [0, 0.1) is 17.8 Å². The van der Waals surface area contributed by atoms with E-state index in [-0.39, 0.29) is 29.6 Å². The van der Waals surface area contributed by atoms with E-state index in [0.29, 0.717) is 13.1 Å². The number of hydrogen-bond donors (Lipinski definition) is 1. The topological polar surface area (TPSA) is 63.4 Å². The SMILES string of the molecule is CC(CN)CN1C(=O)C2CC(C2)C1=O.